The van der Waals surface area contributed by atoms with Crippen molar-refractivity contribution >= 4 is 11.7 Å². The molecule has 0 radical (unpaired) electrons. The number of nitrogens with zero attached hydrogens (tertiary/aromatic N) is 2. The molecule has 1 atom stereocenters. The van der Waals surface area contributed by atoms with Gasteiger partial charge >= 0.3 is 0 Å². The first-order chi connectivity index (χ1) is 14.8. The summed E-state index contributed by atoms with van der Waals surface area (Å²) in [4.78, 5) is 21.9. The van der Waals surface area contributed by atoms with Gasteiger partial charge in [0, 0.05) is 43.6 Å². The summed E-state index contributed by atoms with van der Waals surface area (Å²) in [6, 6.07) is 19.5. The predicted octanol–water partition coefficient (Wildman–Crippen LogP) is 3.71. The van der Waals surface area contributed by atoms with Crippen LogP contribution in [0.5, 0.6) is 0 Å². The van der Waals surface area contributed by atoms with Gasteiger partial charge in [-0.15, -0.1) is 0 Å². The zero-order valence-electron chi connectivity index (χ0n) is 16.9. The molecule has 2 aromatic heterocycles. The summed E-state index contributed by atoms with van der Waals surface area (Å²) in [6.45, 7) is 1.93. The summed E-state index contributed by atoms with van der Waals surface area (Å²) >= 11 is 0. The number of aromatic nitrogens is 2. The summed E-state index contributed by atoms with van der Waals surface area (Å²) < 4.78 is 5.61. The quantitative estimate of drug-likeness (QED) is 0.601. The summed E-state index contributed by atoms with van der Waals surface area (Å²) in [6.07, 6.45) is 4.67. The highest BCUT2D eigenvalue weighted by Crippen LogP contribution is 2.22. The number of amides is 1. The number of benzene rings is 1. The summed E-state index contributed by atoms with van der Waals surface area (Å²) in [7, 11) is 0. The van der Waals surface area contributed by atoms with E-state index in [1.54, 1.807) is 6.20 Å². The molecule has 1 fully saturated rings. The molecule has 3 heterocycles. The Hall–Kier alpha value is -3.25. The number of carbonyl (C=O) groups excluding carboxylic acids is 1. The number of ether oxygens (including phenoxy) is 1. The minimum atomic E-state index is -0.141. The zero-order chi connectivity index (χ0) is 20.6. The lowest BCUT2D eigenvalue weighted by Crippen LogP contribution is -2.32. The average molecular weight is 402 g/mol. The molecule has 1 unspecified atom stereocenters. The molecule has 1 aliphatic heterocycles. The Morgan fingerprint density at radius 1 is 1.07 bits per heavy atom. The molecule has 1 saturated heterocycles. The van der Waals surface area contributed by atoms with Crippen molar-refractivity contribution in [2.24, 2.45) is 0 Å². The zero-order valence-corrected chi connectivity index (χ0v) is 16.9. The Morgan fingerprint density at radius 2 is 1.93 bits per heavy atom. The highest BCUT2D eigenvalue weighted by molar-refractivity contribution is 5.99. The van der Waals surface area contributed by atoms with Crippen molar-refractivity contribution in [3.63, 3.8) is 0 Å². The van der Waals surface area contributed by atoms with Gasteiger partial charge in [0.2, 0.25) is 0 Å². The lowest BCUT2D eigenvalue weighted by Gasteiger charge is -2.15. The third kappa shape index (κ3) is 5.21. The Labute approximate surface area is 176 Å². The SMILES string of the molecule is O=C(NCC1CCCO1)c1ccc(-c2ccccc2)nc1NCCc1ccccn1. The predicted molar refractivity (Wildman–Crippen MR) is 117 cm³/mol. The van der Waals surface area contributed by atoms with Gasteiger partial charge < -0.3 is 15.4 Å². The van der Waals surface area contributed by atoms with Crippen molar-refractivity contribution in [2.75, 3.05) is 25.0 Å². The third-order valence-electron chi connectivity index (χ3n) is 5.12. The van der Waals surface area contributed by atoms with Crippen molar-refractivity contribution < 1.29 is 9.53 Å². The van der Waals surface area contributed by atoms with Crippen LogP contribution in [0.1, 0.15) is 28.9 Å². The Morgan fingerprint density at radius 3 is 2.70 bits per heavy atom. The molecule has 1 aromatic carbocycles. The molecule has 6 heteroatoms. The van der Waals surface area contributed by atoms with Crippen LogP contribution in [-0.2, 0) is 11.2 Å². The van der Waals surface area contributed by atoms with Crippen LogP contribution < -0.4 is 10.6 Å². The lowest BCUT2D eigenvalue weighted by molar-refractivity contribution is 0.0858. The smallest absolute Gasteiger partial charge is 0.255 e. The van der Waals surface area contributed by atoms with E-state index < -0.39 is 0 Å². The van der Waals surface area contributed by atoms with E-state index >= 15 is 0 Å². The van der Waals surface area contributed by atoms with Crippen LogP contribution in [0.3, 0.4) is 0 Å². The molecule has 30 heavy (non-hydrogen) atoms. The molecule has 3 aromatic rings. The van der Waals surface area contributed by atoms with E-state index in [-0.39, 0.29) is 12.0 Å². The molecule has 0 saturated carbocycles. The van der Waals surface area contributed by atoms with Crippen LogP contribution in [-0.4, -0.2) is 41.7 Å². The lowest BCUT2D eigenvalue weighted by atomic mass is 10.1. The van der Waals surface area contributed by atoms with Gasteiger partial charge in [-0.2, -0.15) is 0 Å². The van der Waals surface area contributed by atoms with Crippen LogP contribution in [0.4, 0.5) is 5.82 Å². The van der Waals surface area contributed by atoms with E-state index in [4.69, 9.17) is 9.72 Å². The number of pyridine rings is 2. The molecule has 1 amide bonds. The highest BCUT2D eigenvalue weighted by Gasteiger charge is 2.19. The Kier molecular flexibility index (Phi) is 6.67. The van der Waals surface area contributed by atoms with Gasteiger partial charge in [-0.05, 0) is 37.1 Å². The van der Waals surface area contributed by atoms with Crippen LogP contribution >= 0.6 is 0 Å². The minimum absolute atomic E-state index is 0.103. The first kappa shape index (κ1) is 20.0. The van der Waals surface area contributed by atoms with Crippen molar-refractivity contribution in [2.45, 2.75) is 25.4 Å². The molecule has 1 aliphatic rings. The van der Waals surface area contributed by atoms with Crippen LogP contribution in [0, 0.1) is 0 Å². The molecular formula is C24H26N4O2. The van der Waals surface area contributed by atoms with E-state index in [2.05, 4.69) is 15.6 Å². The Balaban J connectivity index is 1.50. The monoisotopic (exact) mass is 402 g/mol. The van der Waals surface area contributed by atoms with Crippen molar-refractivity contribution in [1.29, 1.82) is 0 Å². The molecular weight excluding hydrogens is 376 g/mol. The second-order valence-corrected chi connectivity index (χ2v) is 7.30. The number of rotatable bonds is 8. The number of hydrogen-bond donors (Lipinski definition) is 2. The summed E-state index contributed by atoms with van der Waals surface area (Å²) in [5, 5.41) is 6.33. The Bertz CT molecular complexity index is 957. The summed E-state index contributed by atoms with van der Waals surface area (Å²) in [5.41, 5.74) is 3.37. The van der Waals surface area contributed by atoms with Gasteiger partial charge in [0.05, 0.1) is 17.4 Å². The number of hydrogen-bond acceptors (Lipinski definition) is 5. The van der Waals surface area contributed by atoms with Crippen molar-refractivity contribution in [3.8, 4) is 11.3 Å². The van der Waals surface area contributed by atoms with E-state index in [9.17, 15) is 4.79 Å². The molecule has 6 nitrogen and oxygen atoms in total. The maximum atomic E-state index is 12.8. The van der Waals surface area contributed by atoms with Gasteiger partial charge in [0.1, 0.15) is 5.82 Å². The van der Waals surface area contributed by atoms with Gasteiger partial charge in [0.15, 0.2) is 0 Å². The maximum absolute atomic E-state index is 12.8. The number of carbonyl (C=O) groups is 1. The molecule has 4 rings (SSSR count). The largest absolute Gasteiger partial charge is 0.376 e. The highest BCUT2D eigenvalue weighted by atomic mass is 16.5. The van der Waals surface area contributed by atoms with Gasteiger partial charge in [-0.1, -0.05) is 36.4 Å². The second kappa shape index (κ2) is 9.98. The fourth-order valence-corrected chi connectivity index (χ4v) is 3.51. The van der Waals surface area contributed by atoms with Crippen molar-refractivity contribution in [1.82, 2.24) is 15.3 Å². The first-order valence-corrected chi connectivity index (χ1v) is 10.4. The van der Waals surface area contributed by atoms with Gasteiger partial charge in [-0.25, -0.2) is 4.98 Å². The molecule has 2 N–H and O–H groups in total. The summed E-state index contributed by atoms with van der Waals surface area (Å²) in [5.74, 6) is 0.440. The van der Waals surface area contributed by atoms with Crippen molar-refractivity contribution in [3.05, 3.63) is 78.1 Å². The maximum Gasteiger partial charge on any atom is 0.255 e. The van der Waals surface area contributed by atoms with Gasteiger partial charge in [-0.3, -0.25) is 9.78 Å². The molecule has 154 valence electrons. The molecule has 0 spiro atoms. The number of anilines is 1. The third-order valence-corrected chi connectivity index (χ3v) is 5.12. The minimum Gasteiger partial charge on any atom is -0.376 e. The second-order valence-electron chi connectivity index (χ2n) is 7.30. The normalized spacial score (nSPS) is 15.7. The van der Waals surface area contributed by atoms with E-state index in [0.717, 1.165) is 42.8 Å². The molecule has 0 bridgehead atoms. The topological polar surface area (TPSA) is 76.1 Å². The fourth-order valence-electron chi connectivity index (χ4n) is 3.51. The standard InChI is InChI=1S/C24H26N4O2/c29-24(27-17-20-10-6-16-30-20)21-11-12-22(18-7-2-1-3-8-18)28-23(21)26-15-13-19-9-4-5-14-25-19/h1-5,7-9,11-12,14,20H,6,10,13,15-17H2,(H,26,28)(H,27,29). The van der Waals surface area contributed by atoms with Gasteiger partial charge in [0.25, 0.3) is 5.91 Å². The number of nitrogens with one attached hydrogen (secondary N) is 2. The van der Waals surface area contributed by atoms with E-state index in [0.29, 0.717) is 24.5 Å². The van der Waals surface area contributed by atoms with E-state index in [1.807, 2.05) is 60.7 Å². The molecule has 0 aliphatic carbocycles. The van der Waals surface area contributed by atoms with Crippen LogP contribution in [0.2, 0.25) is 0 Å². The average Bonchev–Trinajstić information content (AvgIpc) is 3.32. The van der Waals surface area contributed by atoms with Crippen LogP contribution in [0.15, 0.2) is 66.9 Å². The first-order valence-electron chi connectivity index (χ1n) is 10.4. The fraction of sp³-hybridized carbons (Fsp3) is 0.292. The van der Waals surface area contributed by atoms with E-state index in [1.165, 1.54) is 0 Å². The van der Waals surface area contributed by atoms with Crippen LogP contribution in [0.25, 0.3) is 11.3 Å².